The van der Waals surface area contributed by atoms with Gasteiger partial charge in [-0.05, 0) is 12.8 Å². The van der Waals surface area contributed by atoms with Crippen LogP contribution in [0, 0.1) is 0 Å². The lowest BCUT2D eigenvalue weighted by molar-refractivity contribution is -0.143. The van der Waals surface area contributed by atoms with Crippen molar-refractivity contribution in [1.82, 2.24) is 5.32 Å². The first-order valence-electron chi connectivity index (χ1n) is 7.77. The second kappa shape index (κ2) is 10.1. The number of esters is 1. The molecule has 0 aromatic carbocycles. The minimum absolute atomic E-state index is 0.123. The van der Waals surface area contributed by atoms with E-state index in [2.05, 4.69) is 12.2 Å². The summed E-state index contributed by atoms with van der Waals surface area (Å²) in [7, 11) is 0. The van der Waals surface area contributed by atoms with Crippen LogP contribution in [-0.2, 0) is 19.1 Å². The van der Waals surface area contributed by atoms with E-state index in [1.165, 1.54) is 19.3 Å². The van der Waals surface area contributed by atoms with Crippen LogP contribution >= 0.6 is 0 Å². The molecule has 0 aromatic rings. The molecule has 1 amide bonds. The summed E-state index contributed by atoms with van der Waals surface area (Å²) in [6.07, 6.45) is 10.0. The van der Waals surface area contributed by atoms with Gasteiger partial charge < -0.3 is 10.1 Å². The first-order valence-corrected chi connectivity index (χ1v) is 7.77. The lowest BCUT2D eigenvalue weighted by Crippen LogP contribution is -2.35. The predicted molar refractivity (Wildman–Crippen MR) is 79.4 cm³/mol. The van der Waals surface area contributed by atoms with Crippen molar-refractivity contribution in [2.24, 2.45) is 0 Å². The van der Waals surface area contributed by atoms with Gasteiger partial charge in [0, 0.05) is 12.8 Å². The number of allylic oxidation sites excluding steroid dienone is 2. The molecule has 0 spiro atoms. The molecule has 5 heteroatoms. The molecule has 1 N–H and O–H groups in total. The predicted octanol–water partition coefficient (Wildman–Crippen LogP) is 2.64. The van der Waals surface area contributed by atoms with Gasteiger partial charge in [-0.3, -0.25) is 14.4 Å². The van der Waals surface area contributed by atoms with Crippen LogP contribution in [-0.4, -0.2) is 23.9 Å². The van der Waals surface area contributed by atoms with E-state index in [9.17, 15) is 14.4 Å². The number of cyclic esters (lactones) is 1. The number of nitrogens with one attached hydrogen (secondary N) is 1. The van der Waals surface area contributed by atoms with Gasteiger partial charge in [-0.25, -0.2) is 0 Å². The fraction of sp³-hybridized carbons (Fsp3) is 0.688. The largest absolute Gasteiger partial charge is 0.442 e. The maximum atomic E-state index is 11.6. The van der Waals surface area contributed by atoms with Gasteiger partial charge in [-0.1, -0.05) is 38.3 Å². The Morgan fingerprint density at radius 3 is 2.76 bits per heavy atom. The Morgan fingerprint density at radius 1 is 1.29 bits per heavy atom. The fourth-order valence-electron chi connectivity index (χ4n) is 2.13. The number of hydrogen-bond acceptors (Lipinski definition) is 4. The number of hydrogen-bond donors (Lipinski definition) is 1. The molecule has 21 heavy (non-hydrogen) atoms. The summed E-state index contributed by atoms with van der Waals surface area (Å²) in [5, 5.41) is 2.54. The Bertz CT molecular complexity index is 390. The standard InChI is InChI=1S/C16H25NO4/c1-2-3-4-5-6-7-8-9-13(18)12-14(19)17-15-10-11-16(20)21-15/h7-8,15H,2-6,9-12H2,1H3,(H,17,19)/b8-7-/t15-/m1/s1. The van der Waals surface area contributed by atoms with Crippen LogP contribution in [0.2, 0.25) is 0 Å². The molecular formula is C16H25NO4. The smallest absolute Gasteiger partial charge is 0.307 e. The average Bonchev–Trinajstić information content (AvgIpc) is 2.82. The first-order chi connectivity index (χ1) is 10.1. The van der Waals surface area contributed by atoms with Crippen molar-refractivity contribution < 1.29 is 19.1 Å². The zero-order chi connectivity index (χ0) is 15.5. The Hall–Kier alpha value is -1.65. The van der Waals surface area contributed by atoms with Crippen LogP contribution in [0.25, 0.3) is 0 Å². The van der Waals surface area contributed by atoms with Gasteiger partial charge in [-0.2, -0.15) is 0 Å². The van der Waals surface area contributed by atoms with E-state index in [0.717, 1.165) is 12.8 Å². The molecule has 5 nitrogen and oxygen atoms in total. The summed E-state index contributed by atoms with van der Waals surface area (Å²) in [6.45, 7) is 2.17. The van der Waals surface area contributed by atoms with Crippen molar-refractivity contribution in [1.29, 1.82) is 0 Å². The molecule has 0 aromatic heterocycles. The maximum Gasteiger partial charge on any atom is 0.307 e. The van der Waals surface area contributed by atoms with Crippen LogP contribution in [0.3, 0.4) is 0 Å². The minimum atomic E-state index is -0.563. The van der Waals surface area contributed by atoms with Crippen molar-refractivity contribution in [3.63, 3.8) is 0 Å². The molecule has 1 atom stereocenters. The lowest BCUT2D eigenvalue weighted by Gasteiger charge is -2.10. The normalized spacial score (nSPS) is 18.0. The third-order valence-corrected chi connectivity index (χ3v) is 3.30. The number of amides is 1. The number of rotatable bonds is 10. The third-order valence-electron chi connectivity index (χ3n) is 3.30. The molecule has 1 aliphatic heterocycles. The number of ether oxygens (including phenoxy) is 1. The highest BCUT2D eigenvalue weighted by Gasteiger charge is 2.24. The van der Waals surface area contributed by atoms with Crippen LogP contribution in [0.5, 0.6) is 0 Å². The molecule has 1 saturated heterocycles. The topological polar surface area (TPSA) is 72.5 Å². The number of unbranched alkanes of at least 4 members (excludes halogenated alkanes) is 4. The monoisotopic (exact) mass is 295 g/mol. The first kappa shape index (κ1) is 17.4. The average molecular weight is 295 g/mol. The van der Waals surface area contributed by atoms with Crippen LogP contribution in [0.1, 0.15) is 64.7 Å². The molecule has 0 bridgehead atoms. The van der Waals surface area contributed by atoms with Gasteiger partial charge >= 0.3 is 5.97 Å². The number of carbonyl (C=O) groups excluding carboxylic acids is 3. The lowest BCUT2D eigenvalue weighted by atomic mass is 10.1. The quantitative estimate of drug-likeness (QED) is 0.291. The van der Waals surface area contributed by atoms with Gasteiger partial charge in [0.2, 0.25) is 5.91 Å². The summed E-state index contributed by atoms with van der Waals surface area (Å²) in [4.78, 5) is 34.1. The Morgan fingerprint density at radius 2 is 2.10 bits per heavy atom. The van der Waals surface area contributed by atoms with E-state index < -0.39 is 6.23 Å². The minimum Gasteiger partial charge on any atom is -0.442 e. The number of ketones is 1. The SMILES string of the molecule is CCCCCC/C=C\CC(=O)CC(=O)N[C@H]1CCC(=O)O1. The molecule has 1 heterocycles. The zero-order valence-corrected chi connectivity index (χ0v) is 12.7. The van der Waals surface area contributed by atoms with E-state index in [-0.39, 0.29) is 30.5 Å². The summed E-state index contributed by atoms with van der Waals surface area (Å²) < 4.78 is 4.86. The van der Waals surface area contributed by atoms with Crippen LogP contribution in [0.4, 0.5) is 0 Å². The highest BCUT2D eigenvalue weighted by Crippen LogP contribution is 2.11. The molecular weight excluding hydrogens is 270 g/mol. The molecule has 0 aliphatic carbocycles. The molecule has 0 radical (unpaired) electrons. The van der Waals surface area contributed by atoms with Crippen molar-refractivity contribution >= 4 is 17.7 Å². The second-order valence-electron chi connectivity index (χ2n) is 5.33. The molecule has 118 valence electrons. The van der Waals surface area contributed by atoms with Gasteiger partial charge in [-0.15, -0.1) is 0 Å². The number of Topliss-reactive ketones (excluding diaryl/α,β-unsaturated/α-hetero) is 1. The Balaban J connectivity index is 2.08. The molecule has 0 unspecified atom stereocenters. The molecule has 1 fully saturated rings. The van der Waals surface area contributed by atoms with E-state index in [4.69, 9.17) is 4.74 Å². The van der Waals surface area contributed by atoms with Gasteiger partial charge in [0.1, 0.15) is 5.78 Å². The maximum absolute atomic E-state index is 11.6. The van der Waals surface area contributed by atoms with Crippen molar-refractivity contribution in [2.75, 3.05) is 0 Å². The van der Waals surface area contributed by atoms with Crippen molar-refractivity contribution in [3.05, 3.63) is 12.2 Å². The van der Waals surface area contributed by atoms with E-state index in [1.807, 2.05) is 12.2 Å². The third kappa shape index (κ3) is 8.27. The summed E-state index contributed by atoms with van der Waals surface area (Å²) in [6, 6.07) is 0. The van der Waals surface area contributed by atoms with Crippen LogP contribution < -0.4 is 5.32 Å². The molecule has 1 aliphatic rings. The Kier molecular flexibility index (Phi) is 8.40. The van der Waals surface area contributed by atoms with E-state index >= 15 is 0 Å². The van der Waals surface area contributed by atoms with Gasteiger partial charge in [0.15, 0.2) is 6.23 Å². The van der Waals surface area contributed by atoms with Crippen LogP contribution in [0.15, 0.2) is 12.2 Å². The summed E-state index contributed by atoms with van der Waals surface area (Å²) >= 11 is 0. The summed E-state index contributed by atoms with van der Waals surface area (Å²) in [5.74, 6) is -0.810. The van der Waals surface area contributed by atoms with Gasteiger partial charge in [0.05, 0.1) is 12.8 Å². The van der Waals surface area contributed by atoms with E-state index in [0.29, 0.717) is 12.8 Å². The highest BCUT2D eigenvalue weighted by atomic mass is 16.6. The second-order valence-corrected chi connectivity index (χ2v) is 5.33. The van der Waals surface area contributed by atoms with E-state index in [1.54, 1.807) is 0 Å². The fourth-order valence-corrected chi connectivity index (χ4v) is 2.13. The number of carbonyl (C=O) groups is 3. The van der Waals surface area contributed by atoms with Crippen molar-refractivity contribution in [3.8, 4) is 0 Å². The molecule has 0 saturated carbocycles. The van der Waals surface area contributed by atoms with Gasteiger partial charge in [0.25, 0.3) is 0 Å². The van der Waals surface area contributed by atoms with Crippen molar-refractivity contribution in [2.45, 2.75) is 70.9 Å². The Labute approximate surface area is 126 Å². The zero-order valence-electron chi connectivity index (χ0n) is 12.7. The molecule has 1 rings (SSSR count). The summed E-state index contributed by atoms with van der Waals surface area (Å²) in [5.41, 5.74) is 0. The highest BCUT2D eigenvalue weighted by molar-refractivity contribution is 5.98.